The smallest absolute Gasteiger partial charge is 0.261 e. The molecule has 5 nitrogen and oxygen atoms in total. The average molecular weight is 288 g/mol. The van der Waals surface area contributed by atoms with Gasteiger partial charge in [0.1, 0.15) is 19.0 Å². The molecule has 3 N–H and O–H groups in total. The number of hydrogen-bond donors (Lipinski definition) is 2. The Kier molecular flexibility index (Phi) is 7.52. The highest BCUT2D eigenvalue weighted by molar-refractivity contribution is 5.92. The topological polar surface area (TPSA) is 73.6 Å². The van der Waals surface area contributed by atoms with E-state index in [4.69, 9.17) is 10.5 Å². The van der Waals surface area contributed by atoms with E-state index in [1.54, 1.807) is 24.3 Å². The number of anilines is 1. The molecule has 0 fully saturated rings. The van der Waals surface area contributed by atoms with Gasteiger partial charge in [0.25, 0.3) is 6.43 Å². The summed E-state index contributed by atoms with van der Waals surface area (Å²) in [6.45, 7) is -0.0143. The van der Waals surface area contributed by atoms with E-state index in [-0.39, 0.29) is 18.9 Å². The lowest BCUT2D eigenvalue weighted by Crippen LogP contribution is -2.17. The van der Waals surface area contributed by atoms with Crippen LogP contribution in [0.25, 0.3) is 0 Å². The Morgan fingerprint density at radius 3 is 2.75 bits per heavy atom. The minimum atomic E-state index is -2.52. The van der Waals surface area contributed by atoms with Crippen molar-refractivity contribution in [3.8, 4) is 5.75 Å². The quantitative estimate of drug-likeness (QED) is 0.677. The van der Waals surface area contributed by atoms with Gasteiger partial charge in [-0.15, -0.1) is 0 Å². The Hall–Kier alpha value is -1.73. The molecular weight excluding hydrogens is 270 g/mol. The van der Waals surface area contributed by atoms with Gasteiger partial charge in [0.05, 0.1) is 18.7 Å². The van der Waals surface area contributed by atoms with E-state index >= 15 is 0 Å². The summed E-state index contributed by atoms with van der Waals surface area (Å²) in [5.74, 6) is 0.183. The molecule has 0 saturated heterocycles. The summed E-state index contributed by atoms with van der Waals surface area (Å²) < 4.78 is 33.7. The highest BCUT2D eigenvalue weighted by Crippen LogP contribution is 2.23. The number of nitrogens with one attached hydrogen (secondary N) is 1. The van der Waals surface area contributed by atoms with Crippen LogP contribution >= 0.6 is 0 Å². The molecule has 20 heavy (non-hydrogen) atoms. The molecule has 0 aliphatic rings. The van der Waals surface area contributed by atoms with Crippen molar-refractivity contribution in [1.29, 1.82) is 0 Å². The zero-order valence-electron chi connectivity index (χ0n) is 11.0. The number of carbonyl (C=O) groups is 1. The van der Waals surface area contributed by atoms with Crippen molar-refractivity contribution < 1.29 is 23.0 Å². The van der Waals surface area contributed by atoms with Gasteiger partial charge in [0, 0.05) is 6.54 Å². The van der Waals surface area contributed by atoms with Crippen LogP contribution in [0.2, 0.25) is 0 Å². The summed E-state index contributed by atoms with van der Waals surface area (Å²) in [4.78, 5) is 11.6. The van der Waals surface area contributed by atoms with Crippen LogP contribution in [0.5, 0.6) is 5.75 Å². The molecule has 0 bridgehead atoms. The van der Waals surface area contributed by atoms with Crippen LogP contribution < -0.4 is 15.8 Å². The molecule has 0 saturated carbocycles. The maximum atomic E-state index is 11.8. The maximum Gasteiger partial charge on any atom is 0.261 e. The number of ether oxygens (including phenoxy) is 2. The Morgan fingerprint density at radius 2 is 2.05 bits per heavy atom. The van der Waals surface area contributed by atoms with Gasteiger partial charge in [0.2, 0.25) is 5.91 Å². The van der Waals surface area contributed by atoms with Crippen molar-refractivity contribution in [2.75, 3.05) is 31.7 Å². The number of nitrogens with two attached hydrogens (primary N) is 1. The molecule has 0 aliphatic carbocycles. The Labute approximate surface area is 116 Å². The maximum absolute atomic E-state index is 11.8. The highest BCUT2D eigenvalue weighted by Gasteiger charge is 2.08. The minimum Gasteiger partial charge on any atom is -0.490 e. The van der Waals surface area contributed by atoms with E-state index in [9.17, 15) is 13.6 Å². The fourth-order valence-corrected chi connectivity index (χ4v) is 1.41. The van der Waals surface area contributed by atoms with E-state index < -0.39 is 13.0 Å². The molecule has 1 aromatic rings. The summed E-state index contributed by atoms with van der Waals surface area (Å²) >= 11 is 0. The lowest BCUT2D eigenvalue weighted by Gasteiger charge is -2.11. The highest BCUT2D eigenvalue weighted by atomic mass is 19.3. The van der Waals surface area contributed by atoms with Crippen LogP contribution in [0.3, 0.4) is 0 Å². The van der Waals surface area contributed by atoms with Gasteiger partial charge < -0.3 is 20.5 Å². The molecule has 0 aromatic heterocycles. The first kappa shape index (κ1) is 16.3. The first-order chi connectivity index (χ1) is 9.63. The van der Waals surface area contributed by atoms with Crippen molar-refractivity contribution in [3.63, 3.8) is 0 Å². The summed E-state index contributed by atoms with van der Waals surface area (Å²) in [6.07, 6.45) is -2.53. The largest absolute Gasteiger partial charge is 0.490 e. The molecule has 0 spiro atoms. The molecule has 1 amide bonds. The lowest BCUT2D eigenvalue weighted by molar-refractivity contribution is -0.117. The van der Waals surface area contributed by atoms with Gasteiger partial charge >= 0.3 is 0 Å². The zero-order chi connectivity index (χ0) is 14.8. The fraction of sp³-hybridized carbons (Fsp3) is 0.462. The second-order valence-electron chi connectivity index (χ2n) is 3.90. The molecule has 0 unspecified atom stereocenters. The third-order valence-electron chi connectivity index (χ3n) is 2.25. The van der Waals surface area contributed by atoms with Crippen LogP contribution in [0.1, 0.15) is 6.42 Å². The minimum absolute atomic E-state index is 0.00204. The number of amides is 1. The second-order valence-corrected chi connectivity index (χ2v) is 3.90. The van der Waals surface area contributed by atoms with Crippen molar-refractivity contribution in [2.45, 2.75) is 12.8 Å². The van der Waals surface area contributed by atoms with Crippen LogP contribution in [-0.2, 0) is 9.53 Å². The molecule has 0 aliphatic heterocycles. The molecule has 1 aromatic carbocycles. The van der Waals surface area contributed by atoms with Crippen molar-refractivity contribution in [2.24, 2.45) is 5.73 Å². The Balaban J connectivity index is 2.41. The number of para-hydroxylation sites is 2. The van der Waals surface area contributed by atoms with E-state index in [1.807, 2.05) is 0 Å². The molecule has 0 atom stereocenters. The van der Waals surface area contributed by atoms with E-state index in [1.165, 1.54) is 0 Å². The SMILES string of the molecule is NCCOc1ccccc1NC(=O)CCOCC(F)F. The summed E-state index contributed by atoms with van der Waals surface area (Å²) in [6, 6.07) is 6.91. The Morgan fingerprint density at radius 1 is 1.30 bits per heavy atom. The van der Waals surface area contributed by atoms with Crippen LogP contribution in [0.15, 0.2) is 24.3 Å². The summed E-state index contributed by atoms with van der Waals surface area (Å²) in [5, 5.41) is 2.64. The normalized spacial score (nSPS) is 10.6. The number of alkyl halides is 2. The molecule has 0 radical (unpaired) electrons. The van der Waals surface area contributed by atoms with Crippen molar-refractivity contribution in [3.05, 3.63) is 24.3 Å². The second kappa shape index (κ2) is 9.22. The van der Waals surface area contributed by atoms with E-state index in [0.29, 0.717) is 24.6 Å². The Bertz CT molecular complexity index is 416. The molecular formula is C13H18F2N2O3. The van der Waals surface area contributed by atoms with Crippen LogP contribution in [-0.4, -0.2) is 38.7 Å². The van der Waals surface area contributed by atoms with Gasteiger partial charge in [-0.25, -0.2) is 8.78 Å². The van der Waals surface area contributed by atoms with Gasteiger partial charge in [-0.2, -0.15) is 0 Å². The van der Waals surface area contributed by atoms with Crippen molar-refractivity contribution in [1.82, 2.24) is 0 Å². The predicted octanol–water partition coefficient (Wildman–Crippen LogP) is 1.63. The molecule has 112 valence electrons. The fourth-order valence-electron chi connectivity index (χ4n) is 1.41. The number of hydrogen-bond acceptors (Lipinski definition) is 4. The molecule has 7 heteroatoms. The van der Waals surface area contributed by atoms with Gasteiger partial charge in [0.15, 0.2) is 0 Å². The van der Waals surface area contributed by atoms with Crippen LogP contribution in [0.4, 0.5) is 14.5 Å². The first-order valence-corrected chi connectivity index (χ1v) is 6.21. The van der Waals surface area contributed by atoms with Crippen LogP contribution in [0, 0.1) is 0 Å². The molecule has 1 rings (SSSR count). The first-order valence-electron chi connectivity index (χ1n) is 6.21. The number of carbonyl (C=O) groups excluding carboxylic acids is 1. The third-order valence-corrected chi connectivity index (χ3v) is 2.25. The predicted molar refractivity (Wildman–Crippen MR) is 71.1 cm³/mol. The summed E-state index contributed by atoms with van der Waals surface area (Å²) in [5.41, 5.74) is 5.86. The zero-order valence-corrected chi connectivity index (χ0v) is 11.0. The number of benzene rings is 1. The average Bonchev–Trinajstić information content (AvgIpc) is 2.42. The molecule has 0 heterocycles. The summed E-state index contributed by atoms with van der Waals surface area (Å²) in [7, 11) is 0. The van der Waals surface area contributed by atoms with Gasteiger partial charge in [-0.1, -0.05) is 12.1 Å². The number of halogens is 2. The van der Waals surface area contributed by atoms with E-state index in [0.717, 1.165) is 0 Å². The number of rotatable bonds is 9. The van der Waals surface area contributed by atoms with Crippen molar-refractivity contribution >= 4 is 11.6 Å². The van der Waals surface area contributed by atoms with Gasteiger partial charge in [-0.05, 0) is 12.1 Å². The van der Waals surface area contributed by atoms with Gasteiger partial charge in [-0.3, -0.25) is 4.79 Å². The standard InChI is InChI=1S/C13H18F2N2O3/c14-12(15)9-19-7-5-13(18)17-10-3-1-2-4-11(10)20-8-6-16/h1-4,12H,5-9,16H2,(H,17,18). The van der Waals surface area contributed by atoms with E-state index in [2.05, 4.69) is 10.1 Å². The monoisotopic (exact) mass is 288 g/mol. The third kappa shape index (κ3) is 6.44. The lowest BCUT2D eigenvalue weighted by atomic mass is 10.3.